The first-order chi connectivity index (χ1) is 13.9. The van der Waals surface area contributed by atoms with E-state index >= 15 is 0 Å². The quantitative estimate of drug-likeness (QED) is 0.481. The number of ether oxygens (including phenoxy) is 2. The number of aliphatic carboxylic acids is 1. The molecule has 3 rings (SSSR count). The number of H-pyrrole nitrogens is 1. The molecule has 0 aliphatic rings. The molecule has 7 heteroatoms. The molecule has 0 amide bonds. The first kappa shape index (κ1) is 21.0. The van der Waals surface area contributed by atoms with Crippen LogP contribution in [0.1, 0.15) is 25.0 Å². The lowest BCUT2D eigenvalue weighted by molar-refractivity contribution is -0.139. The molecule has 0 saturated heterocycles. The first-order valence-electron chi connectivity index (χ1n) is 9.43. The highest BCUT2D eigenvalue weighted by molar-refractivity contribution is 6.32. The molecule has 1 aromatic heterocycles. The molecule has 3 N–H and O–H groups in total. The van der Waals surface area contributed by atoms with Gasteiger partial charge in [0.25, 0.3) is 0 Å². The largest absolute Gasteiger partial charge is 0.493 e. The second kappa shape index (κ2) is 9.20. The van der Waals surface area contributed by atoms with Gasteiger partial charge in [0.2, 0.25) is 0 Å². The molecule has 0 aliphatic heterocycles. The van der Waals surface area contributed by atoms with Crippen molar-refractivity contribution in [2.75, 3.05) is 7.11 Å². The van der Waals surface area contributed by atoms with E-state index in [0.29, 0.717) is 29.5 Å². The van der Waals surface area contributed by atoms with Crippen LogP contribution >= 0.6 is 11.6 Å². The maximum Gasteiger partial charge on any atom is 0.321 e. The van der Waals surface area contributed by atoms with Crippen LogP contribution in [-0.4, -0.2) is 35.3 Å². The summed E-state index contributed by atoms with van der Waals surface area (Å²) in [6.07, 6.45) is 2.18. The van der Waals surface area contributed by atoms with Gasteiger partial charge in [0.15, 0.2) is 11.5 Å². The van der Waals surface area contributed by atoms with E-state index in [-0.39, 0.29) is 6.10 Å². The lowest BCUT2D eigenvalue weighted by Gasteiger charge is -2.18. The predicted molar refractivity (Wildman–Crippen MR) is 114 cm³/mol. The van der Waals surface area contributed by atoms with Gasteiger partial charge in [-0.3, -0.25) is 4.79 Å². The van der Waals surface area contributed by atoms with Crippen LogP contribution in [0.4, 0.5) is 0 Å². The highest BCUT2D eigenvalue weighted by Crippen LogP contribution is 2.37. The Morgan fingerprint density at radius 2 is 2.03 bits per heavy atom. The minimum atomic E-state index is -0.909. The van der Waals surface area contributed by atoms with Crippen molar-refractivity contribution >= 4 is 28.5 Å². The number of hydrogen-bond acceptors (Lipinski definition) is 4. The van der Waals surface area contributed by atoms with Crippen molar-refractivity contribution in [2.45, 2.75) is 39.0 Å². The highest BCUT2D eigenvalue weighted by Gasteiger charge is 2.20. The monoisotopic (exact) mass is 416 g/mol. The number of carbonyl (C=O) groups is 1. The molecule has 6 nitrogen and oxygen atoms in total. The van der Waals surface area contributed by atoms with E-state index in [1.807, 2.05) is 44.3 Å². The van der Waals surface area contributed by atoms with E-state index in [9.17, 15) is 9.90 Å². The molecule has 0 fully saturated rings. The van der Waals surface area contributed by atoms with Gasteiger partial charge in [-0.05, 0) is 43.2 Å². The molecule has 0 spiro atoms. The fraction of sp³-hybridized carbons (Fsp3) is 0.318. The lowest BCUT2D eigenvalue weighted by Crippen LogP contribution is -2.38. The van der Waals surface area contributed by atoms with Crippen molar-refractivity contribution < 1.29 is 19.4 Å². The molecule has 154 valence electrons. The van der Waals surface area contributed by atoms with Gasteiger partial charge < -0.3 is 24.9 Å². The van der Waals surface area contributed by atoms with E-state index in [4.69, 9.17) is 21.1 Å². The van der Waals surface area contributed by atoms with Crippen LogP contribution < -0.4 is 14.8 Å². The summed E-state index contributed by atoms with van der Waals surface area (Å²) in [5.41, 5.74) is 2.76. The summed E-state index contributed by atoms with van der Waals surface area (Å²) in [5.74, 6) is 0.0982. The van der Waals surface area contributed by atoms with Gasteiger partial charge in [-0.25, -0.2) is 0 Å². The Balaban J connectivity index is 1.75. The van der Waals surface area contributed by atoms with Gasteiger partial charge >= 0.3 is 5.97 Å². The van der Waals surface area contributed by atoms with Crippen molar-refractivity contribution in [1.82, 2.24) is 10.3 Å². The summed E-state index contributed by atoms with van der Waals surface area (Å²) >= 11 is 6.36. The number of aromatic nitrogens is 1. The van der Waals surface area contributed by atoms with Gasteiger partial charge in [-0.1, -0.05) is 29.8 Å². The van der Waals surface area contributed by atoms with Crippen molar-refractivity contribution in [3.05, 3.63) is 58.7 Å². The van der Waals surface area contributed by atoms with Crippen LogP contribution in [0.25, 0.3) is 10.9 Å². The fourth-order valence-corrected chi connectivity index (χ4v) is 3.51. The normalized spacial score (nSPS) is 12.3. The summed E-state index contributed by atoms with van der Waals surface area (Å²) in [4.78, 5) is 15.0. The van der Waals surface area contributed by atoms with E-state index in [1.165, 1.54) is 0 Å². The lowest BCUT2D eigenvalue weighted by atomic mass is 10.0. The van der Waals surface area contributed by atoms with Crippen LogP contribution in [0.15, 0.2) is 42.6 Å². The molecule has 1 atom stereocenters. The average molecular weight is 417 g/mol. The summed E-state index contributed by atoms with van der Waals surface area (Å²) in [6, 6.07) is 10.7. The van der Waals surface area contributed by atoms with Gasteiger partial charge in [0.1, 0.15) is 6.04 Å². The van der Waals surface area contributed by atoms with Crippen molar-refractivity contribution in [3.8, 4) is 11.5 Å². The molecular formula is C22H25ClN2O4. The van der Waals surface area contributed by atoms with Gasteiger partial charge in [-0.15, -0.1) is 0 Å². The number of carboxylic acid groups (broad SMARTS) is 1. The van der Waals surface area contributed by atoms with Gasteiger partial charge in [-0.2, -0.15) is 0 Å². The average Bonchev–Trinajstić information content (AvgIpc) is 3.09. The Morgan fingerprint density at radius 1 is 1.28 bits per heavy atom. The molecule has 3 aromatic rings. The Kier molecular flexibility index (Phi) is 6.67. The summed E-state index contributed by atoms with van der Waals surface area (Å²) in [6.45, 7) is 4.15. The van der Waals surface area contributed by atoms with Crippen LogP contribution in [0.5, 0.6) is 11.5 Å². The third kappa shape index (κ3) is 5.02. The van der Waals surface area contributed by atoms with Gasteiger partial charge in [0.05, 0.1) is 18.2 Å². The number of carboxylic acids is 1. The van der Waals surface area contributed by atoms with Crippen molar-refractivity contribution in [3.63, 3.8) is 0 Å². The topological polar surface area (TPSA) is 83.6 Å². The molecule has 0 bridgehead atoms. The number of fused-ring (bicyclic) bond motifs is 1. The first-order valence-corrected chi connectivity index (χ1v) is 9.81. The smallest absolute Gasteiger partial charge is 0.321 e. The zero-order valence-corrected chi connectivity index (χ0v) is 17.4. The Bertz CT molecular complexity index is 1000. The molecule has 0 aliphatic carbocycles. The summed E-state index contributed by atoms with van der Waals surface area (Å²) in [5, 5.41) is 14.2. The second-order valence-corrected chi connectivity index (χ2v) is 7.52. The zero-order chi connectivity index (χ0) is 21.0. The van der Waals surface area contributed by atoms with Crippen LogP contribution in [0, 0.1) is 0 Å². The predicted octanol–water partition coefficient (Wildman–Crippen LogP) is 4.40. The molecule has 0 radical (unpaired) electrons. The zero-order valence-electron chi connectivity index (χ0n) is 16.7. The number of rotatable bonds is 9. The number of benzene rings is 2. The van der Waals surface area contributed by atoms with Gasteiger partial charge in [0, 0.05) is 30.1 Å². The summed E-state index contributed by atoms with van der Waals surface area (Å²) in [7, 11) is 1.55. The maximum atomic E-state index is 11.8. The van der Waals surface area contributed by atoms with E-state index < -0.39 is 12.0 Å². The number of hydrogen-bond donors (Lipinski definition) is 3. The van der Waals surface area contributed by atoms with Crippen molar-refractivity contribution in [1.29, 1.82) is 0 Å². The Hall–Kier alpha value is -2.70. The number of halogens is 1. The molecule has 0 unspecified atom stereocenters. The minimum absolute atomic E-state index is 0.0436. The highest BCUT2D eigenvalue weighted by atomic mass is 35.5. The number of para-hydroxylation sites is 1. The van der Waals surface area contributed by atoms with E-state index in [0.717, 1.165) is 22.0 Å². The number of nitrogens with one attached hydrogen (secondary N) is 2. The number of methoxy groups -OCH3 is 1. The van der Waals surface area contributed by atoms with Crippen LogP contribution in [-0.2, 0) is 17.8 Å². The second-order valence-electron chi connectivity index (χ2n) is 7.11. The standard InChI is InChI=1S/C22H25ClN2O4/c1-13(2)29-21-17(23)8-14(9-20(21)28-3)11-24-19(22(26)27)10-15-12-25-18-7-5-4-6-16(15)18/h4-9,12-13,19,24-25H,10-11H2,1-3H3,(H,26,27)/t19-/m1/s1. The van der Waals surface area contributed by atoms with Crippen molar-refractivity contribution in [2.24, 2.45) is 0 Å². The third-order valence-electron chi connectivity index (χ3n) is 4.59. The minimum Gasteiger partial charge on any atom is -0.493 e. The Morgan fingerprint density at radius 3 is 2.72 bits per heavy atom. The van der Waals surface area contributed by atoms with Crippen LogP contribution in [0.2, 0.25) is 5.02 Å². The fourth-order valence-electron chi connectivity index (χ4n) is 3.23. The third-order valence-corrected chi connectivity index (χ3v) is 4.87. The molecule has 1 heterocycles. The van der Waals surface area contributed by atoms with E-state index in [1.54, 1.807) is 19.2 Å². The maximum absolute atomic E-state index is 11.8. The molecular weight excluding hydrogens is 392 g/mol. The molecule has 0 saturated carbocycles. The number of aromatic amines is 1. The molecule has 2 aromatic carbocycles. The Labute approximate surface area is 174 Å². The van der Waals surface area contributed by atoms with Crippen LogP contribution in [0.3, 0.4) is 0 Å². The SMILES string of the molecule is COc1cc(CN[C@H](Cc2c[nH]c3ccccc23)C(=O)O)cc(Cl)c1OC(C)C. The summed E-state index contributed by atoms with van der Waals surface area (Å²) < 4.78 is 11.1. The van der Waals surface area contributed by atoms with E-state index in [2.05, 4.69) is 10.3 Å². The molecule has 29 heavy (non-hydrogen) atoms.